The van der Waals surface area contributed by atoms with Crippen LogP contribution in [0.1, 0.15) is 18.7 Å². The van der Waals surface area contributed by atoms with Crippen LogP contribution in [-0.2, 0) is 13.0 Å². The van der Waals surface area contributed by atoms with Gasteiger partial charge in [0, 0.05) is 24.7 Å². The largest absolute Gasteiger partial charge is 0.296 e. The predicted octanol–water partition coefficient (Wildman–Crippen LogP) is 3.13. The maximum atomic E-state index is 13.6. The highest BCUT2D eigenvalue weighted by atomic mass is 19.1. The molecule has 1 unspecified atom stereocenters. The Bertz CT molecular complexity index is 921. The topological polar surface area (TPSA) is 47.8 Å². The minimum atomic E-state index is -0.858. The van der Waals surface area contributed by atoms with E-state index in [1.165, 1.54) is 0 Å². The Balaban J connectivity index is 1.88. The third-order valence-corrected chi connectivity index (χ3v) is 4.34. The van der Waals surface area contributed by atoms with Gasteiger partial charge in [-0.25, -0.2) is 9.37 Å². The molecule has 3 aromatic rings. The van der Waals surface area contributed by atoms with Crippen molar-refractivity contribution in [3.63, 3.8) is 0 Å². The molecule has 0 amide bonds. The van der Waals surface area contributed by atoms with Gasteiger partial charge in [-0.3, -0.25) is 14.3 Å². The van der Waals surface area contributed by atoms with Crippen molar-refractivity contribution < 1.29 is 4.39 Å². The summed E-state index contributed by atoms with van der Waals surface area (Å²) in [5.41, 5.74) is 2.34. The van der Waals surface area contributed by atoms with Crippen molar-refractivity contribution in [3.8, 4) is 11.3 Å². The number of aryl methyl sites for hydroxylation is 1. The molecule has 1 aliphatic rings. The molecule has 1 aliphatic heterocycles. The molecule has 1 aromatic carbocycles. The second-order valence-electron chi connectivity index (χ2n) is 5.86. The molecule has 0 spiro atoms. The fourth-order valence-corrected chi connectivity index (χ4v) is 3.08. The average molecular weight is 309 g/mol. The highest BCUT2D eigenvalue weighted by Gasteiger charge is 2.18. The number of alkyl halides is 1. The van der Waals surface area contributed by atoms with Gasteiger partial charge in [0.1, 0.15) is 12.0 Å². The summed E-state index contributed by atoms with van der Waals surface area (Å²) in [7, 11) is 0. The normalized spacial score (nSPS) is 17.7. The lowest BCUT2D eigenvalue weighted by Crippen LogP contribution is -2.24. The summed E-state index contributed by atoms with van der Waals surface area (Å²) >= 11 is 0. The second-order valence-corrected chi connectivity index (χ2v) is 5.86. The summed E-state index contributed by atoms with van der Waals surface area (Å²) < 4.78 is 15.3. The fraction of sp³-hybridized carbons (Fsp3) is 0.278. The van der Waals surface area contributed by atoms with Crippen molar-refractivity contribution in [2.24, 2.45) is 0 Å². The first kappa shape index (κ1) is 14.1. The first-order valence-corrected chi connectivity index (χ1v) is 7.81. The Morgan fingerprint density at radius 1 is 1.17 bits per heavy atom. The molecule has 0 fully saturated rings. The molecule has 0 aliphatic carbocycles. The van der Waals surface area contributed by atoms with Crippen LogP contribution in [0.15, 0.2) is 47.4 Å². The molecule has 0 saturated heterocycles. The minimum absolute atomic E-state index is 0.0772. The van der Waals surface area contributed by atoms with Gasteiger partial charge in [0.15, 0.2) is 0 Å². The van der Waals surface area contributed by atoms with Gasteiger partial charge in [-0.15, -0.1) is 0 Å². The number of hydrogen-bond acceptors (Lipinski definition) is 3. The van der Waals surface area contributed by atoms with Crippen LogP contribution in [0.3, 0.4) is 0 Å². The molecule has 0 saturated carbocycles. The van der Waals surface area contributed by atoms with Gasteiger partial charge in [0.2, 0.25) is 0 Å². The van der Waals surface area contributed by atoms with E-state index in [9.17, 15) is 9.18 Å². The molecule has 4 nitrogen and oxygen atoms in total. The summed E-state index contributed by atoms with van der Waals surface area (Å²) in [5.74, 6) is 0.681. The Morgan fingerprint density at radius 2 is 2.09 bits per heavy atom. The number of benzene rings is 1. The SMILES string of the molecule is O=c1c2ccc(-c3ccccn3)cc2nc2n1CCC(F)CC2. The Hall–Kier alpha value is -2.56. The molecule has 0 bridgehead atoms. The number of rotatable bonds is 1. The van der Waals surface area contributed by atoms with Gasteiger partial charge in [-0.1, -0.05) is 12.1 Å². The van der Waals surface area contributed by atoms with E-state index in [1.54, 1.807) is 16.8 Å². The molecule has 2 aromatic heterocycles. The lowest BCUT2D eigenvalue weighted by Gasteiger charge is -2.10. The monoisotopic (exact) mass is 309 g/mol. The summed E-state index contributed by atoms with van der Waals surface area (Å²) in [6.45, 7) is 0.403. The number of hydrogen-bond donors (Lipinski definition) is 0. The van der Waals surface area contributed by atoms with Crippen LogP contribution in [0.25, 0.3) is 22.2 Å². The lowest BCUT2D eigenvalue weighted by atomic mass is 10.1. The summed E-state index contributed by atoms with van der Waals surface area (Å²) in [6, 6.07) is 11.3. The van der Waals surface area contributed by atoms with Gasteiger partial charge < -0.3 is 0 Å². The molecular weight excluding hydrogens is 293 g/mol. The van der Waals surface area contributed by atoms with Crippen molar-refractivity contribution in [1.29, 1.82) is 0 Å². The molecule has 4 rings (SSSR count). The summed E-state index contributed by atoms with van der Waals surface area (Å²) in [4.78, 5) is 21.6. The van der Waals surface area contributed by atoms with E-state index in [-0.39, 0.29) is 5.56 Å². The number of nitrogens with zero attached hydrogens (tertiary/aromatic N) is 3. The van der Waals surface area contributed by atoms with E-state index in [4.69, 9.17) is 0 Å². The summed E-state index contributed by atoms with van der Waals surface area (Å²) in [5, 5.41) is 0.575. The quantitative estimate of drug-likeness (QED) is 0.694. The van der Waals surface area contributed by atoms with Crippen LogP contribution >= 0.6 is 0 Å². The first-order chi connectivity index (χ1) is 11.2. The lowest BCUT2D eigenvalue weighted by molar-refractivity contribution is 0.296. The molecule has 116 valence electrons. The van der Waals surface area contributed by atoms with Gasteiger partial charge in [0.25, 0.3) is 5.56 Å². The van der Waals surface area contributed by atoms with Crippen molar-refractivity contribution in [2.45, 2.75) is 32.0 Å². The van der Waals surface area contributed by atoms with Crippen LogP contribution in [0.4, 0.5) is 4.39 Å². The average Bonchev–Trinajstić information content (AvgIpc) is 2.78. The van der Waals surface area contributed by atoms with E-state index in [0.29, 0.717) is 42.5 Å². The molecule has 5 heteroatoms. The van der Waals surface area contributed by atoms with Crippen LogP contribution in [-0.4, -0.2) is 20.7 Å². The van der Waals surface area contributed by atoms with E-state index in [2.05, 4.69) is 9.97 Å². The minimum Gasteiger partial charge on any atom is -0.296 e. The molecule has 3 heterocycles. The highest BCUT2D eigenvalue weighted by molar-refractivity contribution is 5.83. The molecule has 0 N–H and O–H groups in total. The van der Waals surface area contributed by atoms with Crippen LogP contribution in [0.5, 0.6) is 0 Å². The zero-order valence-electron chi connectivity index (χ0n) is 12.6. The third kappa shape index (κ3) is 2.52. The van der Waals surface area contributed by atoms with Crippen LogP contribution in [0.2, 0.25) is 0 Å². The molecular formula is C18H16FN3O. The fourth-order valence-electron chi connectivity index (χ4n) is 3.08. The highest BCUT2D eigenvalue weighted by Crippen LogP contribution is 2.22. The number of pyridine rings is 1. The summed E-state index contributed by atoms with van der Waals surface area (Å²) in [6.07, 6.45) is 2.19. The van der Waals surface area contributed by atoms with Crippen molar-refractivity contribution in [2.75, 3.05) is 0 Å². The third-order valence-electron chi connectivity index (χ3n) is 4.34. The van der Waals surface area contributed by atoms with Crippen molar-refractivity contribution in [3.05, 3.63) is 58.8 Å². The van der Waals surface area contributed by atoms with Crippen LogP contribution in [0, 0.1) is 0 Å². The maximum absolute atomic E-state index is 13.6. The predicted molar refractivity (Wildman–Crippen MR) is 87.1 cm³/mol. The van der Waals surface area contributed by atoms with Crippen molar-refractivity contribution >= 4 is 10.9 Å². The zero-order chi connectivity index (χ0) is 15.8. The maximum Gasteiger partial charge on any atom is 0.261 e. The smallest absolute Gasteiger partial charge is 0.261 e. The second kappa shape index (κ2) is 5.57. The Kier molecular flexibility index (Phi) is 3.41. The number of halogens is 1. The molecule has 23 heavy (non-hydrogen) atoms. The zero-order valence-corrected chi connectivity index (χ0v) is 12.6. The number of aromatic nitrogens is 3. The molecule has 0 radical (unpaired) electrons. The van der Waals surface area contributed by atoms with Gasteiger partial charge in [0.05, 0.1) is 16.6 Å². The van der Waals surface area contributed by atoms with E-state index in [1.807, 2.05) is 30.3 Å². The van der Waals surface area contributed by atoms with Crippen molar-refractivity contribution in [1.82, 2.24) is 14.5 Å². The molecule has 1 atom stereocenters. The van der Waals surface area contributed by atoms with E-state index < -0.39 is 6.17 Å². The van der Waals surface area contributed by atoms with Gasteiger partial charge >= 0.3 is 0 Å². The first-order valence-electron chi connectivity index (χ1n) is 7.81. The van der Waals surface area contributed by atoms with E-state index in [0.717, 1.165) is 11.3 Å². The van der Waals surface area contributed by atoms with Gasteiger partial charge in [-0.2, -0.15) is 0 Å². The van der Waals surface area contributed by atoms with E-state index >= 15 is 0 Å². The van der Waals surface area contributed by atoms with Gasteiger partial charge in [-0.05, 0) is 37.1 Å². The van der Waals surface area contributed by atoms with Crippen LogP contribution < -0.4 is 5.56 Å². The Labute approximate surface area is 132 Å². The Morgan fingerprint density at radius 3 is 2.91 bits per heavy atom. The standard InChI is InChI=1S/C18H16FN3O/c19-13-5-7-17-21-16-11-12(15-3-1-2-9-20-15)4-6-14(16)18(23)22(17)10-8-13/h1-4,6,9,11,13H,5,7-8,10H2. The number of fused-ring (bicyclic) bond motifs is 2.